The van der Waals surface area contributed by atoms with Crippen molar-refractivity contribution in [3.63, 3.8) is 0 Å². The van der Waals surface area contributed by atoms with E-state index in [2.05, 4.69) is 4.90 Å². The second kappa shape index (κ2) is 10.3. The van der Waals surface area contributed by atoms with Gasteiger partial charge in [0.2, 0.25) is 0 Å². The van der Waals surface area contributed by atoms with Gasteiger partial charge in [-0.2, -0.15) is 0 Å². The molecule has 1 aliphatic rings. The predicted molar refractivity (Wildman–Crippen MR) is 123 cm³/mol. The van der Waals surface area contributed by atoms with E-state index in [1.165, 1.54) is 29.2 Å². The fourth-order valence-corrected chi connectivity index (χ4v) is 3.93. The molecule has 3 rings (SSSR count). The number of likely N-dealkylation sites (N-methyl/N-ethyl adjacent to an activating group) is 1. The number of aliphatic hydroxyl groups is 1. The second-order valence-corrected chi connectivity index (χ2v) is 7.60. The van der Waals surface area contributed by atoms with E-state index in [4.69, 9.17) is 4.74 Å². The van der Waals surface area contributed by atoms with Gasteiger partial charge >= 0.3 is 0 Å². The average Bonchev–Trinajstić information content (AvgIpc) is 3.09. The summed E-state index contributed by atoms with van der Waals surface area (Å²) in [5.74, 6) is -1.22. The highest BCUT2D eigenvalue weighted by Gasteiger charge is 2.46. The maximum absolute atomic E-state index is 13.0. The number of nitro groups is 1. The number of nitro benzene ring substituents is 1. The highest BCUT2D eigenvalue weighted by Crippen LogP contribution is 2.39. The molecule has 1 unspecified atom stereocenters. The largest absolute Gasteiger partial charge is 0.507 e. The van der Waals surface area contributed by atoms with Crippen LogP contribution in [0, 0.1) is 10.1 Å². The Morgan fingerprint density at radius 2 is 1.70 bits per heavy atom. The predicted octanol–water partition coefficient (Wildman–Crippen LogP) is 3.37. The summed E-state index contributed by atoms with van der Waals surface area (Å²) in [6.45, 7) is 6.53. The van der Waals surface area contributed by atoms with Crippen LogP contribution < -0.4 is 4.74 Å². The molecule has 33 heavy (non-hydrogen) atoms. The number of ether oxygens (including phenoxy) is 1. The number of non-ortho nitro benzene ring substituents is 1. The number of Topliss-reactive ketones (excluding diaryl/α,β-unsaturated/α-hetero) is 1. The molecule has 1 N–H and O–H groups in total. The average molecular weight is 453 g/mol. The smallest absolute Gasteiger partial charge is 0.295 e. The van der Waals surface area contributed by atoms with Crippen LogP contribution in [0.25, 0.3) is 5.76 Å². The molecule has 0 radical (unpaired) electrons. The molecule has 2 aromatic carbocycles. The van der Waals surface area contributed by atoms with Crippen LogP contribution in [0.2, 0.25) is 0 Å². The Kier molecular flexibility index (Phi) is 7.44. The van der Waals surface area contributed by atoms with Gasteiger partial charge in [-0.1, -0.05) is 26.0 Å². The van der Waals surface area contributed by atoms with Gasteiger partial charge in [0.05, 0.1) is 23.6 Å². The van der Waals surface area contributed by atoms with Crippen molar-refractivity contribution < 1.29 is 24.4 Å². The molecule has 0 saturated carbocycles. The highest BCUT2D eigenvalue weighted by atomic mass is 16.6. The number of methoxy groups -OCH3 is 1. The number of aliphatic hydroxyl groups excluding tert-OH is 1. The number of nitrogens with zero attached hydrogens (tertiary/aromatic N) is 3. The Bertz CT molecular complexity index is 1060. The molecule has 9 nitrogen and oxygen atoms in total. The van der Waals surface area contributed by atoms with E-state index < -0.39 is 22.7 Å². The molecule has 2 aromatic rings. The topological polar surface area (TPSA) is 113 Å². The summed E-state index contributed by atoms with van der Waals surface area (Å²) in [6.07, 6.45) is 0. The SMILES string of the molecule is CCN(CC)CCN1C(=O)C(=O)/C(=C(\O)c2ccc([N+](=O)[O-])cc2)C1c1ccc(OC)cc1. The van der Waals surface area contributed by atoms with Crippen molar-refractivity contribution in [1.82, 2.24) is 9.80 Å². The summed E-state index contributed by atoms with van der Waals surface area (Å²) in [5, 5.41) is 22.0. The first-order valence-corrected chi connectivity index (χ1v) is 10.7. The van der Waals surface area contributed by atoms with Crippen molar-refractivity contribution in [1.29, 1.82) is 0 Å². The lowest BCUT2D eigenvalue weighted by Gasteiger charge is -2.28. The van der Waals surface area contributed by atoms with Gasteiger partial charge in [-0.25, -0.2) is 0 Å². The molecule has 0 bridgehead atoms. The molecule has 174 valence electrons. The number of hydrogen-bond acceptors (Lipinski definition) is 7. The number of amides is 1. The molecular weight excluding hydrogens is 426 g/mol. The third-order valence-corrected chi connectivity index (χ3v) is 5.87. The Hall–Kier alpha value is -3.72. The second-order valence-electron chi connectivity index (χ2n) is 7.60. The van der Waals surface area contributed by atoms with Gasteiger partial charge in [0.25, 0.3) is 17.4 Å². The van der Waals surface area contributed by atoms with E-state index in [-0.39, 0.29) is 22.6 Å². The lowest BCUT2D eigenvalue weighted by Crippen LogP contribution is -2.38. The first-order chi connectivity index (χ1) is 15.8. The van der Waals surface area contributed by atoms with Crippen molar-refractivity contribution in [3.8, 4) is 5.75 Å². The lowest BCUT2D eigenvalue weighted by molar-refractivity contribution is -0.384. The molecule has 1 saturated heterocycles. The van der Waals surface area contributed by atoms with Crippen LogP contribution in [-0.2, 0) is 9.59 Å². The summed E-state index contributed by atoms with van der Waals surface area (Å²) in [6, 6.07) is 11.4. The van der Waals surface area contributed by atoms with E-state index in [1.54, 1.807) is 31.4 Å². The van der Waals surface area contributed by atoms with Crippen LogP contribution >= 0.6 is 0 Å². The molecule has 0 aliphatic carbocycles. The van der Waals surface area contributed by atoms with Gasteiger partial charge in [-0.15, -0.1) is 0 Å². The molecule has 9 heteroatoms. The molecule has 0 aromatic heterocycles. The van der Waals surface area contributed by atoms with Crippen molar-refractivity contribution >= 4 is 23.1 Å². The van der Waals surface area contributed by atoms with Gasteiger partial charge < -0.3 is 19.6 Å². The van der Waals surface area contributed by atoms with E-state index in [0.717, 1.165) is 13.1 Å². The minimum Gasteiger partial charge on any atom is -0.507 e. The van der Waals surface area contributed by atoms with Crippen molar-refractivity contribution in [2.24, 2.45) is 0 Å². The number of ketones is 1. The van der Waals surface area contributed by atoms with Gasteiger partial charge in [-0.3, -0.25) is 19.7 Å². The third-order valence-electron chi connectivity index (χ3n) is 5.87. The Balaban J connectivity index is 2.08. The monoisotopic (exact) mass is 453 g/mol. The number of benzene rings is 2. The summed E-state index contributed by atoms with van der Waals surface area (Å²) in [7, 11) is 1.54. The number of carbonyl (C=O) groups excluding carboxylic acids is 2. The van der Waals surface area contributed by atoms with Gasteiger partial charge in [0.1, 0.15) is 11.5 Å². The quantitative estimate of drug-likeness (QED) is 0.204. The zero-order valence-electron chi connectivity index (χ0n) is 18.9. The van der Waals surface area contributed by atoms with E-state index >= 15 is 0 Å². The summed E-state index contributed by atoms with van der Waals surface area (Å²) in [4.78, 5) is 40.0. The Labute approximate surface area is 192 Å². The first kappa shape index (κ1) is 23.9. The summed E-state index contributed by atoms with van der Waals surface area (Å²) < 4.78 is 5.21. The zero-order valence-corrected chi connectivity index (χ0v) is 18.9. The zero-order chi connectivity index (χ0) is 24.1. The minimum absolute atomic E-state index is 0.0430. The van der Waals surface area contributed by atoms with Gasteiger partial charge in [0, 0.05) is 30.8 Å². The van der Waals surface area contributed by atoms with Crippen LogP contribution in [0.5, 0.6) is 5.75 Å². The standard InChI is InChI=1S/C24H27N3O6/c1-4-25(5-2)14-15-26-21(16-8-12-19(33-3)13-9-16)20(23(29)24(26)30)22(28)17-6-10-18(11-7-17)27(31)32/h6-13,21,28H,4-5,14-15H2,1-3H3/b22-20-. The van der Waals surface area contributed by atoms with Crippen LogP contribution in [0.3, 0.4) is 0 Å². The first-order valence-electron chi connectivity index (χ1n) is 10.7. The molecular formula is C24H27N3O6. The van der Waals surface area contributed by atoms with Crippen LogP contribution in [0.15, 0.2) is 54.1 Å². The molecule has 1 amide bonds. The number of likely N-dealkylation sites (tertiary alicyclic amines) is 1. The normalized spacial score (nSPS) is 17.6. The number of carbonyl (C=O) groups is 2. The van der Waals surface area contributed by atoms with Crippen LogP contribution in [0.4, 0.5) is 5.69 Å². The Morgan fingerprint density at radius 3 is 2.21 bits per heavy atom. The summed E-state index contributed by atoms with van der Waals surface area (Å²) in [5.41, 5.74) is 0.690. The van der Waals surface area contributed by atoms with Crippen LogP contribution in [0.1, 0.15) is 31.0 Å². The minimum atomic E-state index is -0.790. The number of rotatable bonds is 9. The summed E-state index contributed by atoms with van der Waals surface area (Å²) >= 11 is 0. The number of hydrogen-bond donors (Lipinski definition) is 1. The molecule has 1 heterocycles. The van der Waals surface area contributed by atoms with Gasteiger partial charge in [0.15, 0.2) is 0 Å². The maximum Gasteiger partial charge on any atom is 0.295 e. The fraction of sp³-hybridized carbons (Fsp3) is 0.333. The van der Waals surface area contributed by atoms with E-state index in [9.17, 15) is 24.8 Å². The molecule has 1 fully saturated rings. The maximum atomic E-state index is 13.0. The Morgan fingerprint density at radius 1 is 1.09 bits per heavy atom. The van der Waals surface area contributed by atoms with E-state index in [0.29, 0.717) is 24.4 Å². The fourth-order valence-electron chi connectivity index (χ4n) is 3.93. The van der Waals surface area contributed by atoms with Crippen molar-refractivity contribution in [2.75, 3.05) is 33.3 Å². The molecule has 0 spiro atoms. The van der Waals surface area contributed by atoms with Crippen molar-refractivity contribution in [2.45, 2.75) is 19.9 Å². The van der Waals surface area contributed by atoms with Gasteiger partial charge in [-0.05, 0) is 42.9 Å². The van der Waals surface area contributed by atoms with E-state index in [1.807, 2.05) is 13.8 Å². The highest BCUT2D eigenvalue weighted by molar-refractivity contribution is 6.46. The third kappa shape index (κ3) is 4.88. The molecule has 1 aliphatic heterocycles. The lowest BCUT2D eigenvalue weighted by atomic mass is 9.95. The molecule has 1 atom stereocenters. The van der Waals surface area contributed by atoms with Crippen molar-refractivity contribution in [3.05, 3.63) is 75.3 Å². The van der Waals surface area contributed by atoms with Crippen LogP contribution in [-0.4, -0.2) is 64.8 Å².